The summed E-state index contributed by atoms with van der Waals surface area (Å²) in [5.41, 5.74) is -0.906. The molecule has 0 N–H and O–H groups in total. The number of Topliss-reactive ketones (excluding diaryl/α,β-unsaturated/α-hetero) is 1. The number of fused-ring (bicyclic) bond motifs is 3. The first kappa shape index (κ1) is 22.0. The van der Waals surface area contributed by atoms with Gasteiger partial charge in [-0.25, -0.2) is 4.79 Å². The van der Waals surface area contributed by atoms with Crippen molar-refractivity contribution < 1.29 is 28.6 Å². The number of carbonyl (C=O) groups excluding carboxylic acids is 3. The second-order valence-electron chi connectivity index (χ2n) is 8.79. The Kier molecular flexibility index (Phi) is 5.14. The van der Waals surface area contributed by atoms with Gasteiger partial charge in [0.25, 0.3) is 0 Å². The van der Waals surface area contributed by atoms with Gasteiger partial charge < -0.3 is 14.2 Å². The number of carbonyl (C=O) groups is 3. The van der Waals surface area contributed by atoms with Crippen molar-refractivity contribution in [3.63, 3.8) is 0 Å². The van der Waals surface area contributed by atoms with Crippen molar-refractivity contribution in [3.05, 3.63) is 101 Å². The third kappa shape index (κ3) is 2.82. The van der Waals surface area contributed by atoms with Gasteiger partial charge in [0.2, 0.25) is 0 Å². The van der Waals surface area contributed by atoms with Gasteiger partial charge in [-0.2, -0.15) is 0 Å². The van der Waals surface area contributed by atoms with Crippen LogP contribution in [-0.4, -0.2) is 24.8 Å². The van der Waals surface area contributed by atoms with Crippen LogP contribution in [0, 0.1) is 12.3 Å². The molecular weight excluding hydrogens is 432 g/mol. The number of esters is 2. The predicted octanol–water partition coefficient (Wildman–Crippen LogP) is 4.41. The summed E-state index contributed by atoms with van der Waals surface area (Å²) in [6, 6.07) is 23.2. The Balaban J connectivity index is 1.91. The maximum absolute atomic E-state index is 13.8. The van der Waals surface area contributed by atoms with Crippen LogP contribution in [0.15, 0.2) is 78.9 Å². The number of methoxy groups -OCH3 is 1. The van der Waals surface area contributed by atoms with Crippen LogP contribution >= 0.6 is 0 Å². The van der Waals surface area contributed by atoms with Crippen molar-refractivity contribution in [1.82, 2.24) is 0 Å². The van der Waals surface area contributed by atoms with Crippen molar-refractivity contribution in [2.45, 2.75) is 31.5 Å². The molecular formula is C28H24O6. The SMILES string of the molecule is COC(=O)C1(c2ccccc2)OC(c2ccc(C)cc2)C2(C(C)=O)C(=O)Oc3ccccc3C12. The molecule has 0 amide bonds. The Bertz CT molecular complexity index is 1280. The molecule has 4 unspecified atom stereocenters. The summed E-state index contributed by atoms with van der Waals surface area (Å²) >= 11 is 0. The number of benzene rings is 3. The van der Waals surface area contributed by atoms with Crippen molar-refractivity contribution in [2.75, 3.05) is 7.11 Å². The maximum atomic E-state index is 13.8. The summed E-state index contributed by atoms with van der Waals surface area (Å²) in [6.07, 6.45) is -1.07. The van der Waals surface area contributed by atoms with Crippen molar-refractivity contribution in [2.24, 2.45) is 5.41 Å². The van der Waals surface area contributed by atoms with Crippen molar-refractivity contribution in [3.8, 4) is 5.75 Å². The van der Waals surface area contributed by atoms with Crippen LogP contribution in [0.1, 0.15) is 41.2 Å². The average molecular weight is 456 g/mol. The quantitative estimate of drug-likeness (QED) is 0.329. The van der Waals surface area contributed by atoms with E-state index in [-0.39, 0.29) is 0 Å². The van der Waals surface area contributed by atoms with Crippen LogP contribution in [0.5, 0.6) is 5.75 Å². The van der Waals surface area contributed by atoms with E-state index in [4.69, 9.17) is 14.2 Å². The van der Waals surface area contributed by atoms with Gasteiger partial charge in [-0.15, -0.1) is 0 Å². The average Bonchev–Trinajstić information content (AvgIpc) is 3.20. The molecule has 2 aliphatic heterocycles. The lowest BCUT2D eigenvalue weighted by Gasteiger charge is -2.41. The van der Waals surface area contributed by atoms with Crippen LogP contribution in [0.2, 0.25) is 0 Å². The molecule has 2 heterocycles. The predicted molar refractivity (Wildman–Crippen MR) is 123 cm³/mol. The maximum Gasteiger partial charge on any atom is 0.343 e. The highest BCUT2D eigenvalue weighted by Gasteiger charge is 2.76. The Morgan fingerprint density at radius 2 is 1.56 bits per heavy atom. The minimum atomic E-state index is -1.80. The monoisotopic (exact) mass is 456 g/mol. The molecule has 4 atom stereocenters. The van der Waals surface area contributed by atoms with E-state index < -0.39 is 40.8 Å². The van der Waals surface area contributed by atoms with Crippen LogP contribution in [0.3, 0.4) is 0 Å². The van der Waals surface area contributed by atoms with E-state index in [0.29, 0.717) is 22.4 Å². The van der Waals surface area contributed by atoms with Crippen molar-refractivity contribution >= 4 is 17.7 Å². The number of rotatable bonds is 4. The molecule has 5 rings (SSSR count). The molecule has 0 bridgehead atoms. The zero-order valence-corrected chi connectivity index (χ0v) is 19.1. The van der Waals surface area contributed by atoms with Gasteiger partial charge in [-0.05, 0) is 31.0 Å². The van der Waals surface area contributed by atoms with Crippen LogP contribution < -0.4 is 4.74 Å². The first-order chi connectivity index (χ1) is 16.4. The number of ketones is 1. The van der Waals surface area contributed by atoms with Gasteiger partial charge >= 0.3 is 11.9 Å². The lowest BCUT2D eigenvalue weighted by molar-refractivity contribution is -0.172. The number of hydrogen-bond donors (Lipinski definition) is 0. The van der Waals surface area contributed by atoms with Gasteiger partial charge in [0.1, 0.15) is 11.9 Å². The van der Waals surface area contributed by atoms with Crippen LogP contribution in [-0.2, 0) is 29.5 Å². The van der Waals surface area contributed by atoms with E-state index >= 15 is 0 Å². The van der Waals surface area contributed by atoms with Gasteiger partial charge in [0.15, 0.2) is 16.8 Å². The molecule has 0 spiro atoms. The minimum Gasteiger partial charge on any atom is -0.467 e. The van der Waals surface area contributed by atoms with E-state index in [1.807, 2.05) is 37.3 Å². The number of ether oxygens (including phenoxy) is 3. The van der Waals surface area contributed by atoms with E-state index in [0.717, 1.165) is 5.56 Å². The fourth-order valence-corrected chi connectivity index (χ4v) is 5.46. The van der Waals surface area contributed by atoms with Gasteiger partial charge in [-0.1, -0.05) is 78.4 Å². The van der Waals surface area contributed by atoms with Crippen LogP contribution in [0.4, 0.5) is 0 Å². The summed E-state index contributed by atoms with van der Waals surface area (Å²) < 4.78 is 17.7. The highest BCUT2D eigenvalue weighted by molar-refractivity contribution is 6.09. The lowest BCUT2D eigenvalue weighted by atomic mass is 9.59. The van der Waals surface area contributed by atoms with Gasteiger partial charge in [0, 0.05) is 5.56 Å². The molecule has 1 fully saturated rings. The smallest absolute Gasteiger partial charge is 0.343 e. The summed E-state index contributed by atoms with van der Waals surface area (Å²) in [6.45, 7) is 3.29. The topological polar surface area (TPSA) is 78.9 Å². The third-order valence-electron chi connectivity index (χ3n) is 7.00. The van der Waals surface area contributed by atoms with E-state index in [2.05, 4.69) is 0 Å². The first-order valence-corrected chi connectivity index (χ1v) is 11.1. The summed E-state index contributed by atoms with van der Waals surface area (Å²) in [5.74, 6) is -2.57. The fourth-order valence-electron chi connectivity index (χ4n) is 5.46. The molecule has 34 heavy (non-hydrogen) atoms. The molecule has 0 saturated carbocycles. The highest BCUT2D eigenvalue weighted by Crippen LogP contribution is 2.68. The number of para-hydroxylation sites is 1. The molecule has 2 aliphatic rings. The molecule has 1 saturated heterocycles. The first-order valence-electron chi connectivity index (χ1n) is 11.1. The van der Waals surface area contributed by atoms with E-state index in [9.17, 15) is 14.4 Å². The molecule has 3 aromatic carbocycles. The molecule has 6 heteroatoms. The second kappa shape index (κ2) is 7.92. The Morgan fingerprint density at radius 3 is 2.21 bits per heavy atom. The Hall–Kier alpha value is -3.77. The van der Waals surface area contributed by atoms with Crippen LogP contribution in [0.25, 0.3) is 0 Å². The zero-order chi connectivity index (χ0) is 24.1. The second-order valence-corrected chi connectivity index (χ2v) is 8.79. The third-order valence-corrected chi connectivity index (χ3v) is 7.00. The number of aryl methyl sites for hydroxylation is 1. The van der Waals surface area contributed by atoms with E-state index in [1.54, 1.807) is 48.5 Å². The van der Waals surface area contributed by atoms with E-state index in [1.165, 1.54) is 14.0 Å². The minimum absolute atomic E-state index is 0.298. The lowest BCUT2D eigenvalue weighted by Crippen LogP contribution is -2.53. The summed E-state index contributed by atoms with van der Waals surface area (Å²) in [4.78, 5) is 41.1. The number of hydrogen-bond acceptors (Lipinski definition) is 6. The Labute approximate surface area is 197 Å². The molecule has 172 valence electrons. The summed E-state index contributed by atoms with van der Waals surface area (Å²) in [5, 5.41) is 0. The summed E-state index contributed by atoms with van der Waals surface area (Å²) in [7, 11) is 1.28. The zero-order valence-electron chi connectivity index (χ0n) is 19.1. The fraction of sp³-hybridized carbons (Fsp3) is 0.250. The van der Waals surface area contributed by atoms with Crippen molar-refractivity contribution in [1.29, 1.82) is 0 Å². The highest BCUT2D eigenvalue weighted by atomic mass is 16.6. The van der Waals surface area contributed by atoms with Gasteiger partial charge in [-0.3, -0.25) is 9.59 Å². The molecule has 0 radical (unpaired) electrons. The largest absolute Gasteiger partial charge is 0.467 e. The molecule has 0 aliphatic carbocycles. The normalized spacial score (nSPS) is 27.3. The molecule has 0 aromatic heterocycles. The molecule has 3 aromatic rings. The van der Waals surface area contributed by atoms with Gasteiger partial charge in [0.05, 0.1) is 13.0 Å². The standard InChI is InChI=1S/C28H24O6/c1-17-13-15-19(16-14-17)24-27(18(2)29)23(21-11-7-8-12-22(21)33-25(27)30)28(34-24,26(31)32-3)20-9-5-4-6-10-20/h4-16,23-24H,1-3H3. The Morgan fingerprint density at radius 1 is 0.912 bits per heavy atom. The molecule has 6 nitrogen and oxygen atoms in total.